The second kappa shape index (κ2) is 7.39. The molecule has 24 heavy (non-hydrogen) atoms. The lowest BCUT2D eigenvalue weighted by Crippen LogP contribution is -2.64. The van der Waals surface area contributed by atoms with Gasteiger partial charge in [-0.1, -0.05) is 33.0 Å². The first kappa shape index (κ1) is 19.2. The van der Waals surface area contributed by atoms with Crippen molar-refractivity contribution in [3.63, 3.8) is 0 Å². The average molecular weight is 373 g/mol. The Morgan fingerprint density at radius 3 is 2.79 bits per heavy atom. The minimum Gasteiger partial charge on any atom is -0.480 e. The summed E-state index contributed by atoms with van der Waals surface area (Å²) >= 11 is 6.60. The van der Waals surface area contributed by atoms with E-state index in [1.807, 2.05) is 20.8 Å². The quantitative estimate of drug-likeness (QED) is 0.718. The number of hydrogen-bond acceptors (Lipinski definition) is 5. The zero-order valence-corrected chi connectivity index (χ0v) is 15.8. The van der Waals surface area contributed by atoms with E-state index in [1.165, 1.54) is 16.7 Å². The number of carboxylic acid groups (broad SMARTS) is 1. The summed E-state index contributed by atoms with van der Waals surface area (Å²) in [5.41, 5.74) is 0. The number of thioether (sulfide) groups is 1. The molecule has 134 valence electrons. The summed E-state index contributed by atoms with van der Waals surface area (Å²) in [6.07, 6.45) is 2.50. The van der Waals surface area contributed by atoms with Crippen molar-refractivity contribution < 1.29 is 19.5 Å². The van der Waals surface area contributed by atoms with E-state index in [-0.39, 0.29) is 29.4 Å². The standard InChI is InChI=1S/C16H24N2O4S2/c1-4-9(2)13(23)14(20)17-16-10(3)6-5-7-12(19)18(16)11(8-24-16)15(21)22/h9-11H,4-8H2,1-3H3,(H,17,20)(H,21,22)/t9?,10?,11-,16?/m1/s1. The molecule has 0 saturated carbocycles. The van der Waals surface area contributed by atoms with Gasteiger partial charge >= 0.3 is 5.97 Å². The van der Waals surface area contributed by atoms with Gasteiger partial charge in [-0.3, -0.25) is 14.5 Å². The summed E-state index contributed by atoms with van der Waals surface area (Å²) in [5, 5.41) is 12.4. The predicted molar refractivity (Wildman–Crippen MR) is 96.7 cm³/mol. The van der Waals surface area contributed by atoms with Crippen LogP contribution in [0.4, 0.5) is 0 Å². The highest BCUT2D eigenvalue weighted by Gasteiger charge is 2.57. The number of nitrogens with one attached hydrogen (secondary N) is 1. The van der Waals surface area contributed by atoms with Crippen LogP contribution < -0.4 is 5.32 Å². The summed E-state index contributed by atoms with van der Waals surface area (Å²) < 4.78 is 0. The van der Waals surface area contributed by atoms with Gasteiger partial charge in [0.15, 0.2) is 4.99 Å². The van der Waals surface area contributed by atoms with Crippen molar-refractivity contribution in [2.24, 2.45) is 11.8 Å². The number of hydrogen-bond donors (Lipinski definition) is 2. The number of thiocarbonyl (C=S) groups is 1. The van der Waals surface area contributed by atoms with Crippen molar-refractivity contribution in [1.82, 2.24) is 10.2 Å². The number of carboxylic acids is 1. The fourth-order valence-electron chi connectivity index (χ4n) is 3.23. The van der Waals surface area contributed by atoms with Gasteiger partial charge in [-0.05, 0) is 25.2 Å². The van der Waals surface area contributed by atoms with E-state index in [1.54, 1.807) is 0 Å². The van der Waals surface area contributed by atoms with Crippen molar-refractivity contribution in [2.75, 3.05) is 5.75 Å². The van der Waals surface area contributed by atoms with Gasteiger partial charge in [0, 0.05) is 18.1 Å². The van der Waals surface area contributed by atoms with Crippen LogP contribution in [-0.4, -0.2) is 49.4 Å². The number of fused-ring (bicyclic) bond motifs is 1. The van der Waals surface area contributed by atoms with E-state index in [4.69, 9.17) is 12.2 Å². The van der Waals surface area contributed by atoms with Crippen molar-refractivity contribution in [3.05, 3.63) is 0 Å². The van der Waals surface area contributed by atoms with Crippen LogP contribution in [0.5, 0.6) is 0 Å². The Bertz CT molecular complexity index is 568. The second-order valence-electron chi connectivity index (χ2n) is 6.55. The fraction of sp³-hybridized carbons (Fsp3) is 0.750. The van der Waals surface area contributed by atoms with E-state index in [0.29, 0.717) is 17.7 Å². The Morgan fingerprint density at radius 2 is 2.21 bits per heavy atom. The number of aliphatic carboxylic acids is 1. The Balaban J connectivity index is 2.36. The number of carbonyl (C=O) groups is 3. The van der Waals surface area contributed by atoms with E-state index < -0.39 is 17.0 Å². The third kappa shape index (κ3) is 3.31. The van der Waals surface area contributed by atoms with E-state index >= 15 is 0 Å². The lowest BCUT2D eigenvalue weighted by atomic mass is 9.99. The van der Waals surface area contributed by atoms with Crippen molar-refractivity contribution in [3.8, 4) is 0 Å². The van der Waals surface area contributed by atoms with Gasteiger partial charge < -0.3 is 10.4 Å². The molecular formula is C16H24N2O4S2. The fourth-order valence-corrected chi connectivity index (χ4v) is 5.09. The largest absolute Gasteiger partial charge is 0.480 e. The highest BCUT2D eigenvalue weighted by atomic mass is 32.2. The van der Waals surface area contributed by atoms with Crippen LogP contribution in [0.2, 0.25) is 0 Å². The maximum absolute atomic E-state index is 12.6. The van der Waals surface area contributed by atoms with Crippen LogP contribution in [0.25, 0.3) is 0 Å². The van der Waals surface area contributed by atoms with E-state index in [9.17, 15) is 19.5 Å². The minimum absolute atomic E-state index is 0.0386. The summed E-state index contributed by atoms with van der Waals surface area (Å²) in [7, 11) is 0. The molecule has 0 bridgehead atoms. The molecule has 0 radical (unpaired) electrons. The third-order valence-corrected chi connectivity index (χ3v) is 7.17. The normalized spacial score (nSPS) is 31.1. The molecule has 0 aromatic rings. The minimum atomic E-state index is -1.04. The Morgan fingerprint density at radius 1 is 1.54 bits per heavy atom. The SMILES string of the molecule is CCC(C)C(=S)C(=O)NC12SC[C@H](C(=O)O)N1C(=O)CCCC2C. The Labute approximate surface area is 151 Å². The molecule has 0 aromatic carbocycles. The van der Waals surface area contributed by atoms with Crippen molar-refractivity contribution in [2.45, 2.75) is 57.5 Å². The number of amides is 2. The van der Waals surface area contributed by atoms with Gasteiger partial charge in [-0.15, -0.1) is 11.8 Å². The maximum atomic E-state index is 12.6. The van der Waals surface area contributed by atoms with Crippen molar-refractivity contribution in [1.29, 1.82) is 0 Å². The van der Waals surface area contributed by atoms with Gasteiger partial charge in [0.25, 0.3) is 5.91 Å². The zero-order chi connectivity index (χ0) is 18.1. The van der Waals surface area contributed by atoms with Gasteiger partial charge in [0.1, 0.15) is 6.04 Å². The molecule has 2 N–H and O–H groups in total. The summed E-state index contributed by atoms with van der Waals surface area (Å²) in [6.45, 7) is 5.80. The highest BCUT2D eigenvalue weighted by molar-refractivity contribution is 8.01. The molecule has 0 spiro atoms. The molecule has 8 heteroatoms. The number of nitrogens with zero attached hydrogens (tertiary/aromatic N) is 1. The summed E-state index contributed by atoms with van der Waals surface area (Å²) in [6, 6.07) is -0.916. The monoisotopic (exact) mass is 372 g/mol. The molecule has 2 rings (SSSR count). The van der Waals surface area contributed by atoms with Crippen molar-refractivity contribution >= 4 is 46.6 Å². The topological polar surface area (TPSA) is 86.7 Å². The highest BCUT2D eigenvalue weighted by Crippen LogP contribution is 2.46. The molecule has 2 aliphatic heterocycles. The first-order valence-corrected chi connectivity index (χ1v) is 9.69. The molecule has 3 unspecified atom stereocenters. The molecule has 0 aromatic heterocycles. The van der Waals surface area contributed by atoms with Gasteiger partial charge in [-0.25, -0.2) is 4.79 Å². The summed E-state index contributed by atoms with van der Waals surface area (Å²) in [4.78, 5) is 37.5. The molecular weight excluding hydrogens is 348 g/mol. The van der Waals surface area contributed by atoms with Crippen LogP contribution in [0.15, 0.2) is 0 Å². The van der Waals surface area contributed by atoms with Crippen LogP contribution in [-0.2, 0) is 14.4 Å². The van der Waals surface area contributed by atoms with Crippen LogP contribution >= 0.6 is 24.0 Å². The van der Waals surface area contributed by atoms with Gasteiger partial charge in [0.2, 0.25) is 5.91 Å². The van der Waals surface area contributed by atoms with E-state index in [2.05, 4.69) is 5.32 Å². The third-order valence-electron chi connectivity index (χ3n) is 4.96. The average Bonchev–Trinajstić information content (AvgIpc) is 2.88. The smallest absolute Gasteiger partial charge is 0.327 e. The maximum Gasteiger partial charge on any atom is 0.327 e. The molecule has 2 aliphatic rings. The van der Waals surface area contributed by atoms with E-state index in [0.717, 1.165) is 12.8 Å². The summed E-state index contributed by atoms with van der Waals surface area (Å²) in [5.74, 6) is -1.45. The molecule has 2 heterocycles. The molecule has 2 fully saturated rings. The predicted octanol–water partition coefficient (Wildman–Crippen LogP) is 2.02. The number of rotatable bonds is 5. The van der Waals surface area contributed by atoms with Crippen LogP contribution in [0, 0.1) is 11.8 Å². The van der Waals surface area contributed by atoms with Crippen LogP contribution in [0.1, 0.15) is 46.5 Å². The van der Waals surface area contributed by atoms with Gasteiger partial charge in [0.05, 0.1) is 4.86 Å². The number of carbonyl (C=O) groups excluding carboxylic acids is 2. The molecule has 2 amide bonds. The lowest BCUT2D eigenvalue weighted by molar-refractivity contribution is -0.153. The lowest BCUT2D eigenvalue weighted by Gasteiger charge is -2.42. The molecule has 2 saturated heterocycles. The Kier molecular flexibility index (Phi) is 5.91. The van der Waals surface area contributed by atoms with Gasteiger partial charge in [-0.2, -0.15) is 0 Å². The molecule has 4 atom stereocenters. The first-order valence-electron chi connectivity index (χ1n) is 8.29. The second-order valence-corrected chi connectivity index (χ2v) is 8.23. The first-order chi connectivity index (χ1) is 11.2. The zero-order valence-electron chi connectivity index (χ0n) is 14.2. The molecule has 6 nitrogen and oxygen atoms in total. The van der Waals surface area contributed by atoms with Crippen LogP contribution in [0.3, 0.4) is 0 Å². The Hall–Kier alpha value is -1.15. The molecule has 0 aliphatic carbocycles.